The second-order valence-corrected chi connectivity index (χ2v) is 5.29. The lowest BCUT2D eigenvalue weighted by Gasteiger charge is -2.21. The van der Waals surface area contributed by atoms with Gasteiger partial charge in [-0.2, -0.15) is 0 Å². The Balaban J connectivity index is 1.98. The SMILES string of the molecule is c1ccc2c3c(ncc2c1)-c1cccc2cccc(c12)O3. The third-order valence-corrected chi connectivity index (χ3v) is 4.09. The second-order valence-electron chi connectivity index (χ2n) is 5.29. The normalized spacial score (nSPS) is 12.2. The quantitative estimate of drug-likeness (QED) is 0.387. The molecule has 1 aliphatic heterocycles. The van der Waals surface area contributed by atoms with E-state index in [0.29, 0.717) is 0 Å². The Morgan fingerprint density at radius 2 is 1.57 bits per heavy atom. The number of rotatable bonds is 0. The lowest BCUT2D eigenvalue weighted by Crippen LogP contribution is -1.99. The molecule has 0 radical (unpaired) electrons. The molecule has 0 atom stereocenters. The Labute approximate surface area is 121 Å². The highest BCUT2D eigenvalue weighted by Gasteiger charge is 2.22. The highest BCUT2D eigenvalue weighted by molar-refractivity contribution is 6.06. The van der Waals surface area contributed by atoms with Crippen molar-refractivity contribution < 1.29 is 4.74 Å². The van der Waals surface area contributed by atoms with Crippen molar-refractivity contribution in [3.8, 4) is 22.8 Å². The Morgan fingerprint density at radius 3 is 2.52 bits per heavy atom. The number of benzene rings is 3. The van der Waals surface area contributed by atoms with Gasteiger partial charge in [-0.15, -0.1) is 0 Å². The highest BCUT2D eigenvalue weighted by atomic mass is 16.5. The number of aromatic nitrogens is 1. The second kappa shape index (κ2) is 3.83. The zero-order valence-electron chi connectivity index (χ0n) is 11.2. The van der Waals surface area contributed by atoms with Crippen LogP contribution in [0.25, 0.3) is 32.8 Å². The van der Waals surface area contributed by atoms with Crippen LogP contribution in [0.1, 0.15) is 0 Å². The minimum atomic E-state index is 0.860. The summed E-state index contributed by atoms with van der Waals surface area (Å²) in [5.41, 5.74) is 2.08. The predicted octanol–water partition coefficient (Wildman–Crippen LogP) is 5.16. The van der Waals surface area contributed by atoms with Crippen LogP contribution in [0.3, 0.4) is 0 Å². The van der Waals surface area contributed by atoms with Crippen LogP contribution in [0.5, 0.6) is 11.5 Å². The van der Waals surface area contributed by atoms with Gasteiger partial charge < -0.3 is 4.74 Å². The maximum Gasteiger partial charge on any atom is 0.161 e. The van der Waals surface area contributed by atoms with Crippen molar-refractivity contribution in [3.05, 3.63) is 66.9 Å². The largest absolute Gasteiger partial charge is 0.454 e. The maximum atomic E-state index is 6.20. The Bertz CT molecular complexity index is 1020. The van der Waals surface area contributed by atoms with E-state index >= 15 is 0 Å². The summed E-state index contributed by atoms with van der Waals surface area (Å²) in [5.74, 6) is 1.77. The summed E-state index contributed by atoms with van der Waals surface area (Å²) in [6.45, 7) is 0. The van der Waals surface area contributed by atoms with Gasteiger partial charge in [0, 0.05) is 27.9 Å². The van der Waals surface area contributed by atoms with Gasteiger partial charge in [-0.3, -0.25) is 4.98 Å². The molecule has 0 amide bonds. The van der Waals surface area contributed by atoms with E-state index in [4.69, 9.17) is 4.74 Å². The first kappa shape index (κ1) is 10.9. The number of fused-ring (bicyclic) bond motifs is 4. The monoisotopic (exact) mass is 269 g/mol. The number of nitrogens with zero attached hydrogens (tertiary/aromatic N) is 1. The molecule has 0 bridgehead atoms. The van der Waals surface area contributed by atoms with Crippen molar-refractivity contribution in [2.24, 2.45) is 0 Å². The molecule has 2 heterocycles. The minimum Gasteiger partial charge on any atom is -0.454 e. The van der Waals surface area contributed by atoms with Crippen LogP contribution in [-0.4, -0.2) is 4.98 Å². The van der Waals surface area contributed by atoms with Gasteiger partial charge in [0.15, 0.2) is 5.75 Å². The van der Waals surface area contributed by atoms with Crippen molar-refractivity contribution in [2.45, 2.75) is 0 Å². The van der Waals surface area contributed by atoms with Gasteiger partial charge in [-0.25, -0.2) is 0 Å². The molecule has 98 valence electrons. The summed E-state index contributed by atoms with van der Waals surface area (Å²) in [6, 6.07) is 20.7. The van der Waals surface area contributed by atoms with E-state index in [1.54, 1.807) is 0 Å². The van der Waals surface area contributed by atoms with Crippen molar-refractivity contribution >= 4 is 21.5 Å². The summed E-state index contributed by atoms with van der Waals surface area (Å²) in [7, 11) is 0. The van der Waals surface area contributed by atoms with Crippen LogP contribution in [0, 0.1) is 0 Å². The fourth-order valence-corrected chi connectivity index (χ4v) is 3.13. The molecular weight excluding hydrogens is 258 g/mol. The third kappa shape index (κ3) is 1.39. The highest BCUT2D eigenvalue weighted by Crippen LogP contribution is 2.47. The zero-order chi connectivity index (χ0) is 13.8. The average Bonchev–Trinajstić information content (AvgIpc) is 2.55. The first-order valence-electron chi connectivity index (χ1n) is 6.99. The van der Waals surface area contributed by atoms with Gasteiger partial charge in [0.25, 0.3) is 0 Å². The summed E-state index contributed by atoms with van der Waals surface area (Å²) in [4.78, 5) is 4.65. The van der Waals surface area contributed by atoms with E-state index in [9.17, 15) is 0 Å². The van der Waals surface area contributed by atoms with E-state index < -0.39 is 0 Å². The maximum absolute atomic E-state index is 6.20. The van der Waals surface area contributed by atoms with E-state index in [2.05, 4.69) is 41.4 Å². The standard InChI is InChI=1S/C19H11NO/c1-2-8-14-13(5-1)11-20-18-15-9-3-6-12-7-4-10-16(17(12)15)21-19(14)18/h1-11H. The van der Waals surface area contributed by atoms with Gasteiger partial charge in [-0.05, 0) is 11.5 Å². The molecular formula is C19H11NO. The van der Waals surface area contributed by atoms with Crippen molar-refractivity contribution in [1.82, 2.24) is 4.98 Å². The van der Waals surface area contributed by atoms with Crippen LogP contribution >= 0.6 is 0 Å². The minimum absolute atomic E-state index is 0.860. The summed E-state index contributed by atoms with van der Waals surface area (Å²) in [6.07, 6.45) is 1.92. The molecule has 0 fully saturated rings. The number of pyridine rings is 1. The number of ether oxygens (including phenoxy) is 1. The molecule has 4 aromatic rings. The molecule has 0 saturated carbocycles. The molecule has 2 heteroatoms. The molecule has 2 nitrogen and oxygen atoms in total. The van der Waals surface area contributed by atoms with E-state index in [1.807, 2.05) is 30.5 Å². The molecule has 0 saturated heterocycles. The van der Waals surface area contributed by atoms with Gasteiger partial charge >= 0.3 is 0 Å². The molecule has 0 unspecified atom stereocenters. The van der Waals surface area contributed by atoms with Crippen molar-refractivity contribution in [1.29, 1.82) is 0 Å². The van der Waals surface area contributed by atoms with Crippen LogP contribution in [0.15, 0.2) is 66.9 Å². The van der Waals surface area contributed by atoms with Gasteiger partial charge in [0.2, 0.25) is 0 Å². The topological polar surface area (TPSA) is 22.1 Å². The lowest BCUT2D eigenvalue weighted by molar-refractivity contribution is 0.490. The number of hydrogen-bond acceptors (Lipinski definition) is 2. The van der Waals surface area contributed by atoms with Gasteiger partial charge in [0.05, 0.1) is 0 Å². The summed E-state index contributed by atoms with van der Waals surface area (Å²) >= 11 is 0. The van der Waals surface area contributed by atoms with Crippen molar-refractivity contribution in [2.75, 3.05) is 0 Å². The third-order valence-electron chi connectivity index (χ3n) is 4.09. The molecule has 0 aliphatic carbocycles. The fourth-order valence-electron chi connectivity index (χ4n) is 3.13. The molecule has 0 N–H and O–H groups in total. The molecule has 3 aromatic carbocycles. The van der Waals surface area contributed by atoms with E-state index in [-0.39, 0.29) is 0 Å². The molecule has 21 heavy (non-hydrogen) atoms. The fraction of sp³-hybridized carbons (Fsp3) is 0. The van der Waals surface area contributed by atoms with E-state index in [1.165, 1.54) is 5.39 Å². The van der Waals surface area contributed by atoms with Crippen LogP contribution in [0.2, 0.25) is 0 Å². The van der Waals surface area contributed by atoms with Crippen molar-refractivity contribution in [3.63, 3.8) is 0 Å². The summed E-state index contributed by atoms with van der Waals surface area (Å²) in [5, 5.41) is 4.54. The lowest BCUT2D eigenvalue weighted by atomic mass is 9.97. The van der Waals surface area contributed by atoms with Gasteiger partial charge in [-0.1, -0.05) is 54.6 Å². The van der Waals surface area contributed by atoms with Crippen LogP contribution < -0.4 is 4.74 Å². The molecule has 1 aromatic heterocycles. The smallest absolute Gasteiger partial charge is 0.161 e. The van der Waals surface area contributed by atoms with Gasteiger partial charge in [0.1, 0.15) is 11.4 Å². The molecule has 1 aliphatic rings. The Hall–Kier alpha value is -2.87. The zero-order valence-corrected chi connectivity index (χ0v) is 11.2. The Morgan fingerprint density at radius 1 is 0.762 bits per heavy atom. The first-order valence-corrected chi connectivity index (χ1v) is 6.99. The first-order chi connectivity index (χ1) is 10.4. The summed E-state index contributed by atoms with van der Waals surface area (Å²) < 4.78 is 6.20. The molecule has 0 spiro atoms. The van der Waals surface area contributed by atoms with E-state index in [0.717, 1.165) is 38.9 Å². The van der Waals surface area contributed by atoms with Crippen LogP contribution in [-0.2, 0) is 0 Å². The predicted molar refractivity (Wildman–Crippen MR) is 84.8 cm³/mol. The van der Waals surface area contributed by atoms with Crippen LogP contribution in [0.4, 0.5) is 0 Å². The number of hydrogen-bond donors (Lipinski definition) is 0. The average molecular weight is 269 g/mol. The molecule has 5 rings (SSSR count). The Kier molecular flexibility index (Phi) is 1.98.